The molecule has 2 N–H and O–H groups in total. The van der Waals surface area contributed by atoms with E-state index >= 15 is 0 Å². The monoisotopic (exact) mass is 298 g/mol. The largest absolute Gasteiger partial charge is 0.416 e. The van der Waals surface area contributed by atoms with Gasteiger partial charge in [-0.3, -0.25) is 4.68 Å². The minimum Gasteiger partial charge on any atom is -0.324 e. The van der Waals surface area contributed by atoms with Gasteiger partial charge in [-0.15, -0.1) is 0 Å². The van der Waals surface area contributed by atoms with Gasteiger partial charge < -0.3 is 5.73 Å². The average molecular weight is 298 g/mol. The molecule has 0 fully saturated rings. The molecule has 7 heteroatoms. The zero-order chi connectivity index (χ0) is 15.5. The van der Waals surface area contributed by atoms with Crippen molar-refractivity contribution in [3.63, 3.8) is 0 Å². The van der Waals surface area contributed by atoms with Gasteiger partial charge in [-0.05, 0) is 18.1 Å². The topological polar surface area (TPSA) is 56.7 Å². The first-order valence-electron chi connectivity index (χ1n) is 6.72. The number of aryl methyl sites for hydroxylation is 1. The average Bonchev–Trinajstić information content (AvgIpc) is 2.85. The molecule has 1 unspecified atom stereocenters. The van der Waals surface area contributed by atoms with Crippen molar-refractivity contribution in [2.45, 2.75) is 38.5 Å². The summed E-state index contributed by atoms with van der Waals surface area (Å²) in [5.74, 6) is 0.598. The number of rotatable bonds is 5. The molecule has 1 heterocycles. The smallest absolute Gasteiger partial charge is 0.324 e. The van der Waals surface area contributed by atoms with E-state index in [0.717, 1.165) is 12.5 Å². The highest BCUT2D eigenvalue weighted by Crippen LogP contribution is 2.34. The molecule has 0 radical (unpaired) electrons. The molecule has 0 saturated carbocycles. The molecule has 0 amide bonds. The van der Waals surface area contributed by atoms with Crippen molar-refractivity contribution in [3.05, 3.63) is 47.5 Å². The van der Waals surface area contributed by atoms with E-state index in [0.29, 0.717) is 12.4 Å². The third-order valence-electron chi connectivity index (χ3n) is 3.20. The summed E-state index contributed by atoms with van der Waals surface area (Å²) in [6.45, 7) is 2.66. The van der Waals surface area contributed by atoms with Crippen molar-refractivity contribution < 1.29 is 13.2 Å². The molecule has 1 atom stereocenters. The van der Waals surface area contributed by atoms with Crippen LogP contribution in [0.1, 0.15) is 36.3 Å². The summed E-state index contributed by atoms with van der Waals surface area (Å²) in [5.41, 5.74) is 5.35. The Morgan fingerprint density at radius 1 is 1.29 bits per heavy atom. The number of benzene rings is 1. The van der Waals surface area contributed by atoms with E-state index in [1.165, 1.54) is 18.5 Å². The first-order chi connectivity index (χ1) is 9.93. The Hall–Kier alpha value is -1.89. The van der Waals surface area contributed by atoms with Crippen LogP contribution < -0.4 is 5.73 Å². The Bertz CT molecular complexity index is 592. The molecule has 2 aromatic rings. The third kappa shape index (κ3) is 3.60. The van der Waals surface area contributed by atoms with Crippen LogP contribution in [0.15, 0.2) is 30.6 Å². The van der Waals surface area contributed by atoms with Crippen LogP contribution in [0.5, 0.6) is 0 Å². The van der Waals surface area contributed by atoms with Gasteiger partial charge in [0.15, 0.2) is 0 Å². The second-order valence-corrected chi connectivity index (χ2v) is 4.80. The van der Waals surface area contributed by atoms with E-state index < -0.39 is 17.8 Å². The Morgan fingerprint density at radius 2 is 2.00 bits per heavy atom. The van der Waals surface area contributed by atoms with Crippen LogP contribution in [0.3, 0.4) is 0 Å². The van der Waals surface area contributed by atoms with Gasteiger partial charge in [0.2, 0.25) is 0 Å². The molecule has 114 valence electrons. The second-order valence-electron chi connectivity index (χ2n) is 4.80. The Morgan fingerprint density at radius 3 is 2.67 bits per heavy atom. The van der Waals surface area contributed by atoms with Gasteiger partial charge in [-0.2, -0.15) is 18.3 Å². The Kier molecular flexibility index (Phi) is 4.62. The number of hydrogen-bond donors (Lipinski definition) is 1. The highest BCUT2D eigenvalue weighted by molar-refractivity contribution is 5.32. The summed E-state index contributed by atoms with van der Waals surface area (Å²) in [6, 6.07) is 4.60. The lowest BCUT2D eigenvalue weighted by atomic mass is 9.98. The molecule has 1 aromatic heterocycles. The van der Waals surface area contributed by atoms with Gasteiger partial charge in [0, 0.05) is 19.0 Å². The molecular weight excluding hydrogens is 281 g/mol. The summed E-state index contributed by atoms with van der Waals surface area (Å²) in [6.07, 6.45) is -1.93. The van der Waals surface area contributed by atoms with Crippen molar-refractivity contribution in [2.24, 2.45) is 5.73 Å². The van der Waals surface area contributed by atoms with Gasteiger partial charge in [-0.25, -0.2) is 4.98 Å². The van der Waals surface area contributed by atoms with Crippen molar-refractivity contribution in [2.75, 3.05) is 0 Å². The van der Waals surface area contributed by atoms with E-state index in [4.69, 9.17) is 5.73 Å². The summed E-state index contributed by atoms with van der Waals surface area (Å²) < 4.78 is 40.7. The maximum Gasteiger partial charge on any atom is 0.416 e. The second kappa shape index (κ2) is 6.26. The number of alkyl halides is 3. The van der Waals surface area contributed by atoms with Crippen LogP contribution in [0.2, 0.25) is 0 Å². The number of nitrogens with two attached hydrogens (primary N) is 1. The molecule has 0 aliphatic carbocycles. The van der Waals surface area contributed by atoms with Crippen LogP contribution in [-0.2, 0) is 19.1 Å². The number of halogens is 3. The summed E-state index contributed by atoms with van der Waals surface area (Å²) in [5, 5.41) is 4.05. The summed E-state index contributed by atoms with van der Waals surface area (Å²) in [7, 11) is 0. The van der Waals surface area contributed by atoms with Gasteiger partial charge >= 0.3 is 6.18 Å². The number of aromatic nitrogens is 3. The fourth-order valence-electron chi connectivity index (χ4n) is 2.23. The van der Waals surface area contributed by atoms with Crippen LogP contribution in [-0.4, -0.2) is 14.8 Å². The molecule has 21 heavy (non-hydrogen) atoms. The lowest BCUT2D eigenvalue weighted by molar-refractivity contribution is -0.138. The highest BCUT2D eigenvalue weighted by atomic mass is 19.4. The van der Waals surface area contributed by atoms with Crippen LogP contribution in [0, 0.1) is 0 Å². The fraction of sp³-hybridized carbons (Fsp3) is 0.429. The van der Waals surface area contributed by atoms with Crippen LogP contribution in [0.4, 0.5) is 13.2 Å². The molecule has 0 bridgehead atoms. The molecule has 0 saturated heterocycles. The lowest BCUT2D eigenvalue weighted by Crippen LogP contribution is -2.21. The van der Waals surface area contributed by atoms with E-state index in [9.17, 15) is 13.2 Å². The molecule has 2 rings (SSSR count). The van der Waals surface area contributed by atoms with E-state index in [-0.39, 0.29) is 12.0 Å². The van der Waals surface area contributed by atoms with Crippen LogP contribution >= 0.6 is 0 Å². The van der Waals surface area contributed by atoms with Crippen molar-refractivity contribution >= 4 is 0 Å². The highest BCUT2D eigenvalue weighted by Gasteiger charge is 2.34. The first-order valence-corrected chi connectivity index (χ1v) is 6.72. The van der Waals surface area contributed by atoms with Gasteiger partial charge in [0.05, 0.1) is 5.56 Å². The minimum atomic E-state index is -4.41. The normalized spacial score (nSPS) is 13.4. The van der Waals surface area contributed by atoms with E-state index in [1.807, 2.05) is 6.92 Å². The minimum absolute atomic E-state index is 0.0797. The molecule has 0 aliphatic rings. The zero-order valence-electron chi connectivity index (χ0n) is 11.6. The first kappa shape index (κ1) is 15.5. The quantitative estimate of drug-likeness (QED) is 0.923. The molecule has 4 nitrogen and oxygen atoms in total. The predicted molar refractivity (Wildman–Crippen MR) is 72.4 cm³/mol. The summed E-state index contributed by atoms with van der Waals surface area (Å²) >= 11 is 0. The van der Waals surface area contributed by atoms with Crippen molar-refractivity contribution in [1.29, 1.82) is 0 Å². The van der Waals surface area contributed by atoms with E-state index in [2.05, 4.69) is 10.1 Å². The van der Waals surface area contributed by atoms with Crippen molar-refractivity contribution in [3.8, 4) is 0 Å². The number of hydrogen-bond acceptors (Lipinski definition) is 3. The maximum absolute atomic E-state index is 13.0. The van der Waals surface area contributed by atoms with Gasteiger partial charge in [0.25, 0.3) is 0 Å². The Balaban J connectivity index is 2.25. The Labute approximate surface area is 120 Å². The predicted octanol–water partition coefficient (Wildman–Crippen LogP) is 2.95. The molecule has 0 spiro atoms. The zero-order valence-corrected chi connectivity index (χ0v) is 11.6. The summed E-state index contributed by atoms with van der Waals surface area (Å²) in [4.78, 5) is 4.08. The molecule has 1 aromatic carbocycles. The standard InChI is InChI=1S/C14H17F3N4/c1-2-7-21-13(19-9-20-21)8-12(18)10-5-3-4-6-11(10)14(15,16)17/h3-6,9,12H,2,7-8,18H2,1H3. The fourth-order valence-corrected chi connectivity index (χ4v) is 2.23. The van der Waals surface area contributed by atoms with Gasteiger partial charge in [-0.1, -0.05) is 25.1 Å². The third-order valence-corrected chi connectivity index (χ3v) is 3.20. The van der Waals surface area contributed by atoms with Gasteiger partial charge in [0.1, 0.15) is 12.2 Å². The number of nitrogens with zero attached hydrogens (tertiary/aromatic N) is 3. The van der Waals surface area contributed by atoms with Crippen molar-refractivity contribution in [1.82, 2.24) is 14.8 Å². The maximum atomic E-state index is 13.0. The van der Waals surface area contributed by atoms with E-state index in [1.54, 1.807) is 10.7 Å². The lowest BCUT2D eigenvalue weighted by Gasteiger charge is -2.18. The van der Waals surface area contributed by atoms with Crippen LogP contribution in [0.25, 0.3) is 0 Å². The molecule has 0 aliphatic heterocycles. The SMILES string of the molecule is CCCn1ncnc1CC(N)c1ccccc1C(F)(F)F. The molecular formula is C14H17F3N4.